The average Bonchev–Trinajstić information content (AvgIpc) is 3.12. The number of anilines is 1. The van der Waals surface area contributed by atoms with Crippen LogP contribution in [0.5, 0.6) is 5.75 Å². The predicted molar refractivity (Wildman–Crippen MR) is 201 cm³/mol. The number of ether oxygens (including phenoxy) is 1. The van der Waals surface area contributed by atoms with E-state index >= 15 is 0 Å². The van der Waals surface area contributed by atoms with Crippen LogP contribution in [0.15, 0.2) is 88.3 Å². The molecule has 282 valence electrons. The Morgan fingerprint density at radius 3 is 1.85 bits per heavy atom. The van der Waals surface area contributed by atoms with Gasteiger partial charge in [0.2, 0.25) is 0 Å². The van der Waals surface area contributed by atoms with Gasteiger partial charge >= 0.3 is 0 Å². The maximum atomic E-state index is 12.8. The molecule has 4 aromatic rings. The molecule has 6 rings (SSSR count). The number of nitrogens with one attached hydrogen (secondary N) is 1. The van der Waals surface area contributed by atoms with Gasteiger partial charge < -0.3 is 20.7 Å². The molecule has 0 aliphatic carbocycles. The third-order valence-corrected chi connectivity index (χ3v) is 10.7. The molecule has 0 bridgehead atoms. The van der Waals surface area contributed by atoms with Crippen LogP contribution in [0, 0.1) is 0 Å². The van der Waals surface area contributed by atoms with Crippen LogP contribution < -0.4 is 15.8 Å². The lowest BCUT2D eigenvalue weighted by Crippen LogP contribution is -2.49. The second-order valence-corrected chi connectivity index (χ2v) is 16.1. The van der Waals surface area contributed by atoms with Crippen LogP contribution in [-0.4, -0.2) is 105 Å². The highest BCUT2D eigenvalue weighted by Gasteiger charge is 2.24. The van der Waals surface area contributed by atoms with Crippen molar-refractivity contribution in [1.29, 1.82) is 0 Å². The zero-order valence-corrected chi connectivity index (χ0v) is 31.4. The highest BCUT2D eigenvalue weighted by molar-refractivity contribution is 7.86. The highest BCUT2D eigenvalue weighted by atomic mass is 35.5. The summed E-state index contributed by atoms with van der Waals surface area (Å²) < 4.78 is 71.2. The summed E-state index contributed by atoms with van der Waals surface area (Å²) in [6.45, 7) is 5.70. The van der Waals surface area contributed by atoms with Crippen molar-refractivity contribution in [2.45, 2.75) is 22.9 Å². The molecular formula is C35H37Cl2N5O9S2. The smallest absolute Gasteiger partial charge is 0.294 e. The summed E-state index contributed by atoms with van der Waals surface area (Å²) in [6, 6.07) is 19.3. The number of benzene rings is 4. The molecule has 0 spiro atoms. The number of nitrogens with two attached hydrogens (primary N) is 1. The van der Waals surface area contributed by atoms with Crippen LogP contribution in [0.1, 0.15) is 11.1 Å². The second-order valence-electron chi connectivity index (χ2n) is 12.4. The van der Waals surface area contributed by atoms with Crippen LogP contribution in [0.2, 0.25) is 10.0 Å². The highest BCUT2D eigenvalue weighted by Crippen LogP contribution is 2.36. The van der Waals surface area contributed by atoms with Crippen molar-refractivity contribution in [1.82, 2.24) is 20.0 Å². The van der Waals surface area contributed by atoms with E-state index in [4.69, 9.17) is 33.7 Å². The van der Waals surface area contributed by atoms with E-state index in [2.05, 4.69) is 15.1 Å². The predicted octanol–water partition coefficient (Wildman–Crippen LogP) is 3.75. The van der Waals surface area contributed by atoms with E-state index in [1.165, 1.54) is 5.56 Å². The first kappa shape index (κ1) is 40.0. The summed E-state index contributed by atoms with van der Waals surface area (Å²) in [5.74, 6) is 1.44. The first-order valence-electron chi connectivity index (χ1n) is 16.2. The normalized spacial score (nSPS) is 15.6. The molecule has 2 aliphatic heterocycles. The first-order chi connectivity index (χ1) is 25.1. The van der Waals surface area contributed by atoms with Gasteiger partial charge in [-0.25, -0.2) is 4.79 Å². The summed E-state index contributed by atoms with van der Waals surface area (Å²) in [6.07, 6.45) is 0. The zero-order valence-electron chi connectivity index (χ0n) is 28.2. The van der Waals surface area contributed by atoms with E-state index in [-0.39, 0.29) is 28.1 Å². The monoisotopic (exact) mass is 805 g/mol. The van der Waals surface area contributed by atoms with Gasteiger partial charge in [-0.15, -0.1) is 0 Å². The second kappa shape index (κ2) is 17.3. The topological polar surface area (TPSA) is 200 Å². The van der Waals surface area contributed by atoms with E-state index in [0.29, 0.717) is 43.4 Å². The van der Waals surface area contributed by atoms with Crippen LogP contribution in [0.25, 0.3) is 10.8 Å². The van der Waals surface area contributed by atoms with Crippen molar-refractivity contribution >= 4 is 71.7 Å². The van der Waals surface area contributed by atoms with Crippen molar-refractivity contribution < 1.29 is 40.3 Å². The lowest BCUT2D eigenvalue weighted by Gasteiger charge is -2.34. The van der Waals surface area contributed by atoms with Crippen molar-refractivity contribution in [3.8, 4) is 5.75 Å². The van der Waals surface area contributed by atoms with Crippen LogP contribution in [0.3, 0.4) is 0 Å². The molecular weight excluding hydrogens is 769 g/mol. The number of hydrogen-bond acceptors (Lipinski definition) is 11. The summed E-state index contributed by atoms with van der Waals surface area (Å²) >= 11 is 11.7. The Morgan fingerprint density at radius 1 is 0.792 bits per heavy atom. The zero-order chi connectivity index (χ0) is 38.3. The fourth-order valence-electron chi connectivity index (χ4n) is 5.87. The fourth-order valence-corrected chi connectivity index (χ4v) is 7.21. The minimum atomic E-state index is -4.71. The SMILES string of the molecule is Nc1cc(S(=O)(=O)O)cc2cc(S(=O)(=O)O)cc(OCC(=O)N3CCN(Cc4ccc(Cl)cc4)CC3)c12.O=C=C1CN(Cc2ccc(Cl)cc2)CCN1. The molecule has 2 heterocycles. The summed E-state index contributed by atoms with van der Waals surface area (Å²) in [4.78, 5) is 28.2. The van der Waals surface area contributed by atoms with Gasteiger partial charge in [-0.05, 0) is 59.0 Å². The van der Waals surface area contributed by atoms with Crippen LogP contribution in [0.4, 0.5) is 5.69 Å². The number of halogens is 2. The van der Waals surface area contributed by atoms with E-state index in [9.17, 15) is 35.5 Å². The number of hydrogen-bond donors (Lipinski definition) is 4. The van der Waals surface area contributed by atoms with Gasteiger partial charge in [0.1, 0.15) is 17.4 Å². The Hall–Kier alpha value is -4.22. The summed E-state index contributed by atoms with van der Waals surface area (Å²) in [5, 5.41) is 4.53. The largest absolute Gasteiger partial charge is 0.483 e. The minimum absolute atomic E-state index is 0.0268. The third kappa shape index (κ3) is 11.1. The molecule has 0 radical (unpaired) electrons. The van der Waals surface area contributed by atoms with Gasteiger partial charge in [-0.1, -0.05) is 47.5 Å². The molecule has 2 aliphatic rings. The summed E-state index contributed by atoms with van der Waals surface area (Å²) in [7, 11) is -9.36. The molecule has 0 atom stereocenters. The van der Waals surface area contributed by atoms with Gasteiger partial charge in [0.25, 0.3) is 26.1 Å². The number of amides is 1. The lowest BCUT2D eigenvalue weighted by molar-refractivity contribution is -0.135. The quantitative estimate of drug-likeness (QED) is 0.108. The Morgan fingerprint density at radius 2 is 1.32 bits per heavy atom. The van der Waals surface area contributed by atoms with Crippen molar-refractivity contribution in [2.24, 2.45) is 0 Å². The number of nitrogens with zero attached hydrogens (tertiary/aromatic N) is 3. The maximum Gasteiger partial charge on any atom is 0.294 e. The summed E-state index contributed by atoms with van der Waals surface area (Å²) in [5.41, 5.74) is 8.79. The molecule has 53 heavy (non-hydrogen) atoms. The number of nitrogen functional groups attached to an aromatic ring is 1. The number of rotatable bonds is 9. The number of piperazine rings is 2. The van der Waals surface area contributed by atoms with E-state index in [1.807, 2.05) is 54.5 Å². The third-order valence-electron chi connectivity index (χ3n) is 8.57. The molecule has 18 heteroatoms. The maximum absolute atomic E-state index is 12.8. The van der Waals surface area contributed by atoms with Gasteiger partial charge in [-0.3, -0.25) is 23.7 Å². The van der Waals surface area contributed by atoms with Gasteiger partial charge in [0.05, 0.1) is 9.79 Å². The Balaban J connectivity index is 0.000000281. The Labute approximate surface area is 317 Å². The molecule has 4 aromatic carbocycles. The Kier molecular flexibility index (Phi) is 13.0. The molecule has 0 aromatic heterocycles. The van der Waals surface area contributed by atoms with Crippen molar-refractivity contribution in [3.05, 3.63) is 99.7 Å². The van der Waals surface area contributed by atoms with E-state index in [0.717, 1.165) is 61.0 Å². The molecule has 0 unspecified atom stereocenters. The van der Waals surface area contributed by atoms with E-state index in [1.54, 1.807) is 4.90 Å². The molecule has 14 nitrogen and oxygen atoms in total. The van der Waals surface area contributed by atoms with Gasteiger partial charge in [0, 0.05) is 86.1 Å². The van der Waals surface area contributed by atoms with Gasteiger partial charge in [-0.2, -0.15) is 16.8 Å². The molecule has 5 N–H and O–H groups in total. The number of fused-ring (bicyclic) bond motifs is 1. The van der Waals surface area contributed by atoms with Gasteiger partial charge in [0.15, 0.2) is 6.61 Å². The van der Waals surface area contributed by atoms with Crippen molar-refractivity contribution in [2.75, 3.05) is 58.2 Å². The minimum Gasteiger partial charge on any atom is -0.483 e. The standard InChI is InChI=1S/C23H24ClN3O8S2.C12H13ClN2O/c24-17-3-1-15(2-4-17)13-26-5-7-27(8-6-26)22(28)14-35-21-12-19(37(32,33)34)10-16-9-18(36(29,30)31)11-20(25)23(16)21;13-11-3-1-10(2-4-11)7-15-6-5-14-12(8-15)9-16/h1-4,9-12H,5-8,13-14,25H2,(H,29,30,31)(H,32,33,34);1-4,14H,5-8H2. The average molecular weight is 807 g/mol. The molecule has 1 amide bonds. The van der Waals surface area contributed by atoms with Crippen LogP contribution >= 0.6 is 23.2 Å². The lowest BCUT2D eigenvalue weighted by atomic mass is 10.1. The van der Waals surface area contributed by atoms with Crippen molar-refractivity contribution in [3.63, 3.8) is 0 Å². The van der Waals surface area contributed by atoms with E-state index < -0.39 is 36.6 Å². The first-order valence-corrected chi connectivity index (χ1v) is 19.9. The molecule has 0 saturated carbocycles. The van der Waals surface area contributed by atoms with Crippen LogP contribution in [-0.2, 0) is 42.9 Å². The molecule has 2 saturated heterocycles. The Bertz CT molecular complexity index is 2220. The number of carbonyl (C=O) groups excluding carboxylic acids is 2. The fraction of sp³-hybridized carbons (Fsp3) is 0.286. The molecule has 2 fully saturated rings. The number of carbonyl (C=O) groups is 1.